The van der Waals surface area contributed by atoms with E-state index in [0.29, 0.717) is 5.41 Å². The average molecular weight is 260 g/mol. The number of aromatic nitrogens is 3. The normalized spacial score (nSPS) is 16.7. The monoisotopic (exact) mass is 260 g/mol. The van der Waals surface area contributed by atoms with Crippen LogP contribution < -0.4 is 5.32 Å². The van der Waals surface area contributed by atoms with Crippen LogP contribution in [0.3, 0.4) is 0 Å². The Hall–Kier alpha value is -1.62. The number of anilines is 1. The van der Waals surface area contributed by atoms with Crippen molar-refractivity contribution in [1.82, 2.24) is 14.6 Å². The van der Waals surface area contributed by atoms with Gasteiger partial charge in [-0.3, -0.25) is 0 Å². The van der Waals surface area contributed by atoms with E-state index < -0.39 is 0 Å². The molecule has 0 aliphatic heterocycles. The van der Waals surface area contributed by atoms with E-state index in [-0.39, 0.29) is 0 Å². The van der Waals surface area contributed by atoms with Gasteiger partial charge in [0.1, 0.15) is 0 Å². The van der Waals surface area contributed by atoms with Gasteiger partial charge in [0.15, 0.2) is 5.65 Å². The van der Waals surface area contributed by atoms with Crippen molar-refractivity contribution in [3.05, 3.63) is 23.9 Å². The number of nitrogens with zero attached hydrogens (tertiary/aromatic N) is 3. The molecule has 1 saturated carbocycles. The molecule has 3 rings (SSSR count). The van der Waals surface area contributed by atoms with Crippen LogP contribution in [0.1, 0.15) is 25.0 Å². The number of rotatable bonds is 6. The van der Waals surface area contributed by atoms with Crippen molar-refractivity contribution in [1.29, 1.82) is 0 Å². The molecule has 1 fully saturated rings. The summed E-state index contributed by atoms with van der Waals surface area (Å²) in [6.45, 7) is 3.80. The van der Waals surface area contributed by atoms with Gasteiger partial charge in [-0.25, -0.2) is 4.52 Å². The van der Waals surface area contributed by atoms with Crippen molar-refractivity contribution in [3.8, 4) is 0 Å². The molecule has 102 valence electrons. The predicted octanol–water partition coefficient (Wildman–Crippen LogP) is 2.27. The summed E-state index contributed by atoms with van der Waals surface area (Å²) in [6, 6.07) is 6.01. The second kappa shape index (κ2) is 4.81. The SMILES string of the molecule is COCCC1(CNc2nc3cccc(C)n3n2)CC1. The van der Waals surface area contributed by atoms with E-state index in [1.54, 1.807) is 7.11 Å². The number of nitrogens with one attached hydrogen (secondary N) is 1. The zero-order chi connectivity index (χ0) is 13.3. The first-order valence-corrected chi connectivity index (χ1v) is 6.78. The van der Waals surface area contributed by atoms with Gasteiger partial charge in [0, 0.05) is 26.0 Å². The fraction of sp³-hybridized carbons (Fsp3) is 0.571. The van der Waals surface area contributed by atoms with Crippen molar-refractivity contribution >= 4 is 11.6 Å². The molecule has 0 radical (unpaired) electrons. The minimum Gasteiger partial charge on any atom is -0.385 e. The third-order valence-electron chi connectivity index (χ3n) is 3.96. The molecule has 1 aliphatic rings. The Kier molecular flexibility index (Phi) is 3.14. The van der Waals surface area contributed by atoms with Crippen LogP contribution in [0.25, 0.3) is 5.65 Å². The highest BCUT2D eigenvalue weighted by Crippen LogP contribution is 2.48. The Labute approximate surface area is 113 Å². The molecule has 5 heteroatoms. The van der Waals surface area contributed by atoms with Gasteiger partial charge in [-0.1, -0.05) is 6.07 Å². The molecule has 19 heavy (non-hydrogen) atoms. The molecule has 2 aromatic rings. The maximum atomic E-state index is 5.17. The minimum absolute atomic E-state index is 0.405. The van der Waals surface area contributed by atoms with Gasteiger partial charge in [0.05, 0.1) is 0 Å². The minimum atomic E-state index is 0.405. The molecule has 0 aromatic carbocycles. The first-order valence-electron chi connectivity index (χ1n) is 6.78. The Balaban J connectivity index is 1.67. The standard InChI is InChI=1S/C14H20N4O/c1-11-4-3-5-12-16-13(17-18(11)12)15-10-14(6-7-14)8-9-19-2/h3-5H,6-10H2,1-2H3,(H,15,17). The summed E-state index contributed by atoms with van der Waals surface area (Å²) >= 11 is 0. The van der Waals surface area contributed by atoms with Crippen LogP contribution in [0, 0.1) is 12.3 Å². The Morgan fingerprint density at radius 2 is 2.26 bits per heavy atom. The lowest BCUT2D eigenvalue weighted by Gasteiger charge is -2.14. The molecule has 2 aromatic heterocycles. The number of methoxy groups -OCH3 is 1. The maximum absolute atomic E-state index is 5.17. The average Bonchev–Trinajstić information content (AvgIpc) is 3.05. The Morgan fingerprint density at radius 3 is 2.95 bits per heavy atom. The van der Waals surface area contributed by atoms with Crippen LogP contribution in [-0.4, -0.2) is 34.9 Å². The van der Waals surface area contributed by atoms with Gasteiger partial charge < -0.3 is 10.1 Å². The summed E-state index contributed by atoms with van der Waals surface area (Å²) in [5.41, 5.74) is 2.39. The molecule has 0 atom stereocenters. The number of fused-ring (bicyclic) bond motifs is 1. The lowest BCUT2D eigenvalue weighted by atomic mass is 10.0. The van der Waals surface area contributed by atoms with Crippen molar-refractivity contribution in [2.24, 2.45) is 5.41 Å². The summed E-state index contributed by atoms with van der Waals surface area (Å²) in [5, 5.41) is 7.86. The Bertz CT molecular complexity index is 574. The summed E-state index contributed by atoms with van der Waals surface area (Å²) in [7, 11) is 1.76. The van der Waals surface area contributed by atoms with Crippen LogP contribution in [0.4, 0.5) is 5.95 Å². The summed E-state index contributed by atoms with van der Waals surface area (Å²) in [5.74, 6) is 0.720. The zero-order valence-electron chi connectivity index (χ0n) is 11.5. The second-order valence-electron chi connectivity index (χ2n) is 5.47. The van der Waals surface area contributed by atoms with Crippen molar-refractivity contribution < 1.29 is 4.74 Å². The maximum Gasteiger partial charge on any atom is 0.243 e. The highest BCUT2D eigenvalue weighted by Gasteiger charge is 2.41. The van der Waals surface area contributed by atoms with Crippen molar-refractivity contribution in [3.63, 3.8) is 0 Å². The molecule has 0 saturated heterocycles. The fourth-order valence-corrected chi connectivity index (χ4v) is 2.39. The summed E-state index contributed by atoms with van der Waals surface area (Å²) in [4.78, 5) is 4.49. The lowest BCUT2D eigenvalue weighted by Crippen LogP contribution is -2.18. The lowest BCUT2D eigenvalue weighted by molar-refractivity contribution is 0.175. The first-order chi connectivity index (χ1) is 9.22. The molecule has 1 aliphatic carbocycles. The molecular formula is C14H20N4O. The number of pyridine rings is 1. The largest absolute Gasteiger partial charge is 0.385 e. The van der Waals surface area contributed by atoms with E-state index in [1.165, 1.54) is 12.8 Å². The highest BCUT2D eigenvalue weighted by molar-refractivity contribution is 5.44. The highest BCUT2D eigenvalue weighted by atomic mass is 16.5. The predicted molar refractivity (Wildman–Crippen MR) is 74.4 cm³/mol. The molecule has 0 amide bonds. The van der Waals surface area contributed by atoms with E-state index in [9.17, 15) is 0 Å². The number of aryl methyl sites for hydroxylation is 1. The van der Waals surface area contributed by atoms with Gasteiger partial charge in [0.25, 0.3) is 0 Å². The molecule has 2 heterocycles. The molecule has 0 spiro atoms. The molecule has 1 N–H and O–H groups in total. The quantitative estimate of drug-likeness (QED) is 0.865. The smallest absolute Gasteiger partial charge is 0.243 e. The van der Waals surface area contributed by atoms with E-state index in [0.717, 1.165) is 36.9 Å². The Morgan fingerprint density at radius 1 is 1.42 bits per heavy atom. The van der Waals surface area contributed by atoms with E-state index in [2.05, 4.69) is 15.4 Å². The van der Waals surface area contributed by atoms with Gasteiger partial charge in [-0.05, 0) is 43.7 Å². The van der Waals surface area contributed by atoms with E-state index in [4.69, 9.17) is 4.74 Å². The number of ether oxygens (including phenoxy) is 1. The van der Waals surface area contributed by atoms with Gasteiger partial charge in [-0.2, -0.15) is 4.98 Å². The topological polar surface area (TPSA) is 51.5 Å². The zero-order valence-corrected chi connectivity index (χ0v) is 11.5. The van der Waals surface area contributed by atoms with Crippen LogP contribution in [0.5, 0.6) is 0 Å². The summed E-state index contributed by atoms with van der Waals surface area (Å²) in [6.07, 6.45) is 3.66. The molecule has 5 nitrogen and oxygen atoms in total. The van der Waals surface area contributed by atoms with Gasteiger partial charge >= 0.3 is 0 Å². The van der Waals surface area contributed by atoms with E-state index >= 15 is 0 Å². The van der Waals surface area contributed by atoms with Crippen LogP contribution in [0.2, 0.25) is 0 Å². The number of hydrogen-bond donors (Lipinski definition) is 1. The van der Waals surface area contributed by atoms with Crippen molar-refractivity contribution in [2.75, 3.05) is 25.6 Å². The molecule has 0 bridgehead atoms. The number of hydrogen-bond acceptors (Lipinski definition) is 4. The summed E-state index contributed by atoms with van der Waals surface area (Å²) < 4.78 is 7.04. The third-order valence-corrected chi connectivity index (χ3v) is 3.96. The van der Waals surface area contributed by atoms with Crippen LogP contribution >= 0.6 is 0 Å². The van der Waals surface area contributed by atoms with Crippen LogP contribution in [-0.2, 0) is 4.74 Å². The van der Waals surface area contributed by atoms with Gasteiger partial charge in [-0.15, -0.1) is 5.10 Å². The molecule has 0 unspecified atom stereocenters. The van der Waals surface area contributed by atoms with Crippen molar-refractivity contribution in [2.45, 2.75) is 26.2 Å². The fourth-order valence-electron chi connectivity index (χ4n) is 2.39. The second-order valence-corrected chi connectivity index (χ2v) is 5.47. The third kappa shape index (κ3) is 2.56. The van der Waals surface area contributed by atoms with Crippen LogP contribution in [0.15, 0.2) is 18.2 Å². The van der Waals surface area contributed by atoms with Gasteiger partial charge in [0.2, 0.25) is 5.95 Å². The first kappa shape index (κ1) is 12.4. The molecular weight excluding hydrogens is 240 g/mol. The van der Waals surface area contributed by atoms with E-state index in [1.807, 2.05) is 29.6 Å².